The number of benzene rings is 2. The number of alkyl halides is 3. The number of ether oxygens (including phenoxy) is 1. The smallest absolute Gasteiger partial charge is 0.416 e. The number of aromatic amines is 1. The molecule has 0 spiro atoms. The van der Waals surface area contributed by atoms with Gasteiger partial charge < -0.3 is 19.9 Å². The first-order valence-corrected chi connectivity index (χ1v) is 13.6. The highest BCUT2D eigenvalue weighted by atomic mass is 35.5. The summed E-state index contributed by atoms with van der Waals surface area (Å²) in [6.07, 6.45) is -0.337. The van der Waals surface area contributed by atoms with Crippen molar-refractivity contribution < 1.29 is 22.7 Å². The van der Waals surface area contributed by atoms with Gasteiger partial charge in [-0.25, -0.2) is 4.98 Å². The molecule has 1 aliphatic heterocycles. The van der Waals surface area contributed by atoms with Crippen LogP contribution in [0.25, 0.3) is 11.4 Å². The van der Waals surface area contributed by atoms with Gasteiger partial charge in [0.25, 0.3) is 5.91 Å². The van der Waals surface area contributed by atoms with E-state index >= 15 is 0 Å². The van der Waals surface area contributed by atoms with Crippen LogP contribution in [-0.4, -0.2) is 53.6 Å². The van der Waals surface area contributed by atoms with Crippen LogP contribution in [0.3, 0.4) is 0 Å². The first kappa shape index (κ1) is 31.5. The molecule has 0 unspecified atom stereocenters. The molecule has 0 radical (unpaired) electrons. The lowest BCUT2D eigenvalue weighted by atomic mass is 9.88. The Hall–Kier alpha value is -3.04. The number of carbonyl (C=O) groups excluding carboxylic acids is 1. The summed E-state index contributed by atoms with van der Waals surface area (Å²) in [6.45, 7) is 10.2. The first-order valence-electron chi connectivity index (χ1n) is 13.6. The summed E-state index contributed by atoms with van der Waals surface area (Å²) in [5.41, 5.74) is 3.14. The fraction of sp³-hybridized carbons (Fsp3) is 0.467. The summed E-state index contributed by atoms with van der Waals surface area (Å²) in [6, 6.07) is 11.2. The van der Waals surface area contributed by atoms with E-state index in [0.717, 1.165) is 63.2 Å². The lowest BCUT2D eigenvalue weighted by Crippen LogP contribution is -2.34. The maximum absolute atomic E-state index is 12.8. The molecule has 0 aliphatic carbocycles. The Morgan fingerprint density at radius 1 is 1.10 bits per heavy atom. The minimum Gasteiger partial charge on any atom is -0.494 e. The van der Waals surface area contributed by atoms with Crippen LogP contribution in [0.1, 0.15) is 71.4 Å². The highest BCUT2D eigenvalue weighted by Crippen LogP contribution is 2.35. The Labute approximate surface area is 240 Å². The molecule has 218 valence electrons. The number of likely N-dealkylation sites (tertiary alicyclic amines) is 1. The van der Waals surface area contributed by atoms with E-state index in [1.165, 1.54) is 23.3 Å². The van der Waals surface area contributed by atoms with Crippen molar-refractivity contribution in [2.45, 2.75) is 58.5 Å². The number of piperidine rings is 1. The van der Waals surface area contributed by atoms with Gasteiger partial charge in [0, 0.05) is 17.8 Å². The fourth-order valence-corrected chi connectivity index (χ4v) is 5.11. The molecule has 0 atom stereocenters. The molecule has 1 amide bonds. The first-order chi connectivity index (χ1) is 18.7. The number of hydrogen-bond donors (Lipinski definition) is 2. The van der Waals surface area contributed by atoms with Crippen molar-refractivity contribution >= 4 is 18.3 Å². The Morgan fingerprint density at radius 2 is 1.80 bits per heavy atom. The summed E-state index contributed by atoms with van der Waals surface area (Å²) in [5, 5.41) is 2.92. The van der Waals surface area contributed by atoms with E-state index in [1.807, 2.05) is 6.92 Å². The zero-order chi connectivity index (χ0) is 28.0. The zero-order valence-electron chi connectivity index (χ0n) is 23.2. The van der Waals surface area contributed by atoms with Crippen molar-refractivity contribution in [3.8, 4) is 17.1 Å². The van der Waals surface area contributed by atoms with Gasteiger partial charge in [-0.15, -0.1) is 12.4 Å². The Morgan fingerprint density at radius 3 is 2.45 bits per heavy atom. The molecule has 1 saturated heterocycles. The van der Waals surface area contributed by atoms with Crippen molar-refractivity contribution in [2.75, 3.05) is 32.8 Å². The van der Waals surface area contributed by atoms with Gasteiger partial charge in [-0.3, -0.25) is 4.79 Å². The van der Waals surface area contributed by atoms with E-state index in [-0.39, 0.29) is 24.0 Å². The Kier molecular flexibility index (Phi) is 11.0. The fourth-order valence-electron chi connectivity index (χ4n) is 5.11. The van der Waals surface area contributed by atoms with Crippen LogP contribution in [0.15, 0.2) is 42.5 Å². The highest BCUT2D eigenvalue weighted by molar-refractivity contribution is 5.94. The molecule has 0 bridgehead atoms. The average molecular weight is 579 g/mol. The van der Waals surface area contributed by atoms with E-state index in [4.69, 9.17) is 4.74 Å². The summed E-state index contributed by atoms with van der Waals surface area (Å²) >= 11 is 0. The maximum Gasteiger partial charge on any atom is 0.416 e. The SMILES string of the molecule is CCOc1cc(C)ccc1C1CCN(CCCCNC(=O)c2nc(-c3ccc(C(F)(F)F)cc3)[nH]c2C)CC1.Cl. The minimum atomic E-state index is -4.39. The number of aryl methyl sites for hydroxylation is 2. The summed E-state index contributed by atoms with van der Waals surface area (Å²) in [4.78, 5) is 22.5. The van der Waals surface area contributed by atoms with E-state index in [2.05, 4.69) is 45.3 Å². The molecule has 3 aromatic rings. The molecule has 2 N–H and O–H groups in total. The van der Waals surface area contributed by atoms with Gasteiger partial charge in [-0.2, -0.15) is 13.2 Å². The maximum atomic E-state index is 12.8. The largest absolute Gasteiger partial charge is 0.494 e. The molecule has 4 rings (SSSR count). The summed E-state index contributed by atoms with van der Waals surface area (Å²) < 4.78 is 44.4. The number of aromatic nitrogens is 2. The molecule has 2 heterocycles. The number of halogens is 4. The summed E-state index contributed by atoms with van der Waals surface area (Å²) in [7, 11) is 0. The number of nitrogens with one attached hydrogen (secondary N) is 2. The van der Waals surface area contributed by atoms with Gasteiger partial charge in [0.05, 0.1) is 12.2 Å². The molecule has 10 heteroatoms. The van der Waals surface area contributed by atoms with Crippen molar-refractivity contribution in [1.29, 1.82) is 0 Å². The Bertz CT molecular complexity index is 1250. The number of imidazole rings is 1. The number of nitrogens with zero attached hydrogens (tertiary/aromatic N) is 2. The number of carbonyl (C=O) groups is 1. The van der Waals surface area contributed by atoms with E-state index in [1.54, 1.807) is 6.92 Å². The van der Waals surface area contributed by atoms with Gasteiger partial charge in [0.2, 0.25) is 0 Å². The van der Waals surface area contributed by atoms with Crippen LogP contribution in [-0.2, 0) is 6.18 Å². The third-order valence-electron chi connectivity index (χ3n) is 7.27. The van der Waals surface area contributed by atoms with Crippen molar-refractivity contribution in [3.63, 3.8) is 0 Å². The standard InChI is InChI=1S/C30H37F3N4O2.ClH/c1-4-39-26-19-20(2)7-12-25(26)22-13-17-37(18-14-22)16-6-5-15-34-29(38)27-21(3)35-28(36-27)23-8-10-24(11-9-23)30(31,32)33;/h7-12,19,22H,4-6,13-18H2,1-3H3,(H,34,38)(H,35,36);1H. The minimum absolute atomic E-state index is 0. The molecule has 6 nitrogen and oxygen atoms in total. The average Bonchev–Trinajstić information content (AvgIpc) is 3.30. The lowest BCUT2D eigenvalue weighted by Gasteiger charge is -2.33. The summed E-state index contributed by atoms with van der Waals surface area (Å²) in [5.74, 6) is 1.62. The molecular formula is C30H38ClF3N4O2. The number of hydrogen-bond acceptors (Lipinski definition) is 4. The van der Waals surface area contributed by atoms with Crippen molar-refractivity contribution in [3.05, 3.63) is 70.5 Å². The molecule has 1 aromatic heterocycles. The van der Waals surface area contributed by atoms with Gasteiger partial charge in [0.1, 0.15) is 17.3 Å². The number of H-pyrrole nitrogens is 1. The third-order valence-corrected chi connectivity index (χ3v) is 7.27. The van der Waals surface area contributed by atoms with Crippen LogP contribution in [0, 0.1) is 13.8 Å². The van der Waals surface area contributed by atoms with Crippen LogP contribution >= 0.6 is 12.4 Å². The topological polar surface area (TPSA) is 70.2 Å². The monoisotopic (exact) mass is 578 g/mol. The van der Waals surface area contributed by atoms with E-state index < -0.39 is 11.7 Å². The Balaban J connectivity index is 0.00000441. The number of rotatable bonds is 10. The lowest BCUT2D eigenvalue weighted by molar-refractivity contribution is -0.137. The van der Waals surface area contributed by atoms with Gasteiger partial charge in [-0.05, 0) is 101 Å². The highest BCUT2D eigenvalue weighted by Gasteiger charge is 2.30. The predicted molar refractivity (Wildman–Crippen MR) is 153 cm³/mol. The molecular weight excluding hydrogens is 541 g/mol. The van der Waals surface area contributed by atoms with E-state index in [0.29, 0.717) is 36.2 Å². The molecule has 2 aromatic carbocycles. The van der Waals surface area contributed by atoms with Crippen molar-refractivity contribution in [2.24, 2.45) is 0 Å². The van der Waals surface area contributed by atoms with Crippen LogP contribution in [0.5, 0.6) is 5.75 Å². The number of unbranched alkanes of at least 4 members (excludes halogenated alkanes) is 1. The van der Waals surface area contributed by atoms with Gasteiger partial charge >= 0.3 is 6.18 Å². The zero-order valence-corrected chi connectivity index (χ0v) is 24.1. The van der Waals surface area contributed by atoms with Gasteiger partial charge in [-0.1, -0.05) is 24.3 Å². The molecule has 1 fully saturated rings. The second-order valence-corrected chi connectivity index (χ2v) is 10.2. The second kappa shape index (κ2) is 14.0. The van der Waals surface area contributed by atoms with Crippen LogP contribution in [0.2, 0.25) is 0 Å². The second-order valence-electron chi connectivity index (χ2n) is 10.2. The quantitative estimate of drug-likeness (QED) is 0.256. The van der Waals surface area contributed by atoms with Crippen LogP contribution < -0.4 is 10.1 Å². The van der Waals surface area contributed by atoms with Crippen LogP contribution in [0.4, 0.5) is 13.2 Å². The third kappa shape index (κ3) is 8.01. The molecule has 40 heavy (non-hydrogen) atoms. The number of amides is 1. The van der Waals surface area contributed by atoms with Gasteiger partial charge in [0.15, 0.2) is 0 Å². The van der Waals surface area contributed by atoms with Crippen molar-refractivity contribution in [1.82, 2.24) is 20.2 Å². The van der Waals surface area contributed by atoms with E-state index in [9.17, 15) is 18.0 Å². The molecule has 0 saturated carbocycles. The molecule has 1 aliphatic rings. The normalized spacial score (nSPS) is 14.6. The predicted octanol–water partition coefficient (Wildman–Crippen LogP) is 6.92.